The van der Waals surface area contributed by atoms with Crippen molar-refractivity contribution in [3.63, 3.8) is 0 Å². The SMILES string of the molecule is C[B]OC(=O)c1ccc(-c2ccc(C(=O)OC(=O)OCc3ccccc3)cc2)cc1. The molecule has 0 aliphatic heterocycles. The van der Waals surface area contributed by atoms with Crippen LogP contribution in [-0.2, 0) is 20.7 Å². The molecule has 0 aromatic heterocycles. The molecule has 30 heavy (non-hydrogen) atoms. The molecule has 0 bridgehead atoms. The predicted molar refractivity (Wildman–Crippen MR) is 111 cm³/mol. The Morgan fingerprint density at radius 3 is 1.80 bits per heavy atom. The summed E-state index contributed by atoms with van der Waals surface area (Å²) in [5, 5.41) is 0. The molecule has 0 N–H and O–H groups in total. The van der Waals surface area contributed by atoms with E-state index in [1.165, 1.54) is 7.48 Å². The molecule has 0 saturated heterocycles. The number of hydrogen-bond acceptors (Lipinski definition) is 6. The van der Waals surface area contributed by atoms with Crippen molar-refractivity contribution < 1.29 is 28.5 Å². The van der Waals surface area contributed by atoms with Crippen LogP contribution in [0, 0.1) is 0 Å². The first-order valence-electron chi connectivity index (χ1n) is 9.19. The van der Waals surface area contributed by atoms with Crippen molar-refractivity contribution in [2.75, 3.05) is 0 Å². The molecule has 1 radical (unpaired) electrons. The second-order valence-corrected chi connectivity index (χ2v) is 6.21. The highest BCUT2D eigenvalue weighted by atomic mass is 16.7. The Balaban J connectivity index is 1.57. The number of carbonyl (C=O) groups is 3. The zero-order valence-corrected chi connectivity index (χ0v) is 16.2. The van der Waals surface area contributed by atoms with Crippen LogP contribution < -0.4 is 0 Å². The summed E-state index contributed by atoms with van der Waals surface area (Å²) in [6.07, 6.45) is -1.06. The van der Waals surface area contributed by atoms with Crippen LogP contribution in [0.25, 0.3) is 11.1 Å². The molecular weight excluding hydrogens is 383 g/mol. The molecule has 0 aliphatic carbocycles. The molecule has 149 valence electrons. The Hall–Kier alpha value is -3.87. The van der Waals surface area contributed by atoms with Gasteiger partial charge in [0.25, 0.3) is 0 Å². The highest BCUT2D eigenvalue weighted by molar-refractivity contribution is 6.29. The van der Waals surface area contributed by atoms with Gasteiger partial charge in [-0.05, 0) is 41.0 Å². The molecule has 0 atom stereocenters. The van der Waals surface area contributed by atoms with E-state index in [1.54, 1.807) is 67.5 Å². The fraction of sp³-hybridized carbons (Fsp3) is 0.0870. The topological polar surface area (TPSA) is 78.9 Å². The molecule has 0 aliphatic rings. The second-order valence-electron chi connectivity index (χ2n) is 6.21. The summed E-state index contributed by atoms with van der Waals surface area (Å²) in [7, 11) is 1.32. The monoisotopic (exact) mass is 401 g/mol. The molecule has 6 nitrogen and oxygen atoms in total. The zero-order chi connectivity index (χ0) is 21.3. The van der Waals surface area contributed by atoms with E-state index in [2.05, 4.69) is 0 Å². The Labute approximate surface area is 174 Å². The van der Waals surface area contributed by atoms with E-state index in [4.69, 9.17) is 14.1 Å². The minimum absolute atomic E-state index is 0.0196. The van der Waals surface area contributed by atoms with Gasteiger partial charge in [0.05, 0.1) is 11.1 Å². The molecule has 3 aromatic carbocycles. The van der Waals surface area contributed by atoms with Crippen LogP contribution >= 0.6 is 0 Å². The van der Waals surface area contributed by atoms with Crippen LogP contribution in [0.5, 0.6) is 0 Å². The number of esters is 1. The van der Waals surface area contributed by atoms with E-state index in [1.807, 2.05) is 18.2 Å². The van der Waals surface area contributed by atoms with Crippen molar-refractivity contribution in [2.45, 2.75) is 13.4 Å². The average Bonchev–Trinajstić information content (AvgIpc) is 2.79. The third-order valence-electron chi connectivity index (χ3n) is 4.17. The molecule has 0 amide bonds. The molecule has 0 heterocycles. The third kappa shape index (κ3) is 5.58. The van der Waals surface area contributed by atoms with Gasteiger partial charge < -0.3 is 14.1 Å². The smallest absolute Gasteiger partial charge is 0.516 e. The van der Waals surface area contributed by atoms with Gasteiger partial charge in [-0.2, -0.15) is 0 Å². The van der Waals surface area contributed by atoms with E-state index in [0.717, 1.165) is 16.7 Å². The van der Waals surface area contributed by atoms with Gasteiger partial charge in [-0.25, -0.2) is 14.4 Å². The average molecular weight is 401 g/mol. The van der Waals surface area contributed by atoms with Crippen LogP contribution in [0.15, 0.2) is 78.9 Å². The summed E-state index contributed by atoms with van der Waals surface area (Å²) in [6.45, 7) is 1.65. The maximum atomic E-state index is 12.1. The largest absolute Gasteiger partial charge is 0.536 e. The minimum atomic E-state index is -1.06. The van der Waals surface area contributed by atoms with Gasteiger partial charge in [0.15, 0.2) is 0 Å². The van der Waals surface area contributed by atoms with Crippen molar-refractivity contribution in [2.24, 2.45) is 0 Å². The first-order chi connectivity index (χ1) is 14.6. The van der Waals surface area contributed by atoms with Gasteiger partial charge in [0, 0.05) is 0 Å². The molecule has 0 spiro atoms. The van der Waals surface area contributed by atoms with E-state index in [9.17, 15) is 14.4 Å². The summed E-state index contributed by atoms with van der Waals surface area (Å²) < 4.78 is 14.5. The maximum absolute atomic E-state index is 12.1. The minimum Gasteiger partial charge on any atom is -0.536 e. The lowest BCUT2D eigenvalue weighted by molar-refractivity contribution is 0.0360. The fourth-order valence-corrected chi connectivity index (χ4v) is 2.65. The van der Waals surface area contributed by atoms with E-state index in [-0.39, 0.29) is 12.2 Å². The first kappa shape index (κ1) is 20.9. The molecule has 0 saturated carbocycles. The number of hydrogen-bond donors (Lipinski definition) is 0. The summed E-state index contributed by atoms with van der Waals surface area (Å²) >= 11 is 0. The number of benzene rings is 3. The Morgan fingerprint density at radius 1 is 0.733 bits per heavy atom. The van der Waals surface area contributed by atoms with Crippen LogP contribution in [-0.4, -0.2) is 25.6 Å². The molecule has 3 aromatic rings. The van der Waals surface area contributed by atoms with Gasteiger partial charge in [-0.15, -0.1) is 0 Å². The summed E-state index contributed by atoms with van der Waals surface area (Å²) in [5.41, 5.74) is 3.13. The molecule has 0 fully saturated rings. The third-order valence-corrected chi connectivity index (χ3v) is 4.17. The summed E-state index contributed by atoms with van der Waals surface area (Å²) in [4.78, 5) is 35.5. The van der Waals surface area contributed by atoms with Crippen molar-refractivity contribution in [3.8, 4) is 11.1 Å². The number of ether oxygens (including phenoxy) is 2. The summed E-state index contributed by atoms with van der Waals surface area (Å²) in [5.74, 6) is -1.23. The van der Waals surface area contributed by atoms with Crippen LogP contribution in [0.3, 0.4) is 0 Å². The molecule has 7 heteroatoms. The van der Waals surface area contributed by atoms with Gasteiger partial charge >= 0.3 is 25.6 Å². The lowest BCUT2D eigenvalue weighted by Gasteiger charge is -2.07. The maximum Gasteiger partial charge on any atom is 0.516 e. The van der Waals surface area contributed by atoms with Gasteiger partial charge in [0.1, 0.15) is 6.61 Å². The lowest BCUT2D eigenvalue weighted by Crippen LogP contribution is -2.14. The van der Waals surface area contributed by atoms with Crippen LogP contribution in [0.2, 0.25) is 6.82 Å². The van der Waals surface area contributed by atoms with E-state index in [0.29, 0.717) is 5.56 Å². The Bertz CT molecular complexity index is 1010. The fourth-order valence-electron chi connectivity index (χ4n) is 2.65. The second kappa shape index (κ2) is 10.1. The van der Waals surface area contributed by atoms with Gasteiger partial charge in [-0.3, -0.25) is 0 Å². The van der Waals surface area contributed by atoms with Gasteiger partial charge in [-0.1, -0.05) is 61.4 Å². The van der Waals surface area contributed by atoms with Crippen molar-refractivity contribution in [3.05, 3.63) is 95.6 Å². The van der Waals surface area contributed by atoms with E-state index < -0.39 is 18.1 Å². The van der Waals surface area contributed by atoms with E-state index >= 15 is 0 Å². The molecule has 3 rings (SSSR count). The van der Waals surface area contributed by atoms with Crippen molar-refractivity contribution >= 4 is 25.6 Å². The van der Waals surface area contributed by atoms with Crippen LogP contribution in [0.4, 0.5) is 4.79 Å². The number of rotatable bonds is 6. The van der Waals surface area contributed by atoms with Crippen molar-refractivity contribution in [1.29, 1.82) is 0 Å². The number of carbonyl (C=O) groups excluding carboxylic acids is 3. The zero-order valence-electron chi connectivity index (χ0n) is 16.2. The van der Waals surface area contributed by atoms with Gasteiger partial charge in [0.2, 0.25) is 0 Å². The Kier molecular flexibility index (Phi) is 7.00. The highest BCUT2D eigenvalue weighted by Gasteiger charge is 2.14. The standard InChI is InChI=1S/C23H18BO6/c1-24-30-22(26)20-13-9-18(10-14-20)17-7-11-19(12-8-17)21(25)29-23(27)28-15-16-5-3-2-4-6-16/h2-14H,15H2,1H3. The summed E-state index contributed by atoms with van der Waals surface area (Å²) in [6, 6.07) is 22.5. The van der Waals surface area contributed by atoms with Crippen LogP contribution in [0.1, 0.15) is 26.3 Å². The molecular formula is C23H18BO6. The Morgan fingerprint density at radius 2 is 1.27 bits per heavy atom. The lowest BCUT2D eigenvalue weighted by atomic mass is 10.0. The first-order valence-corrected chi connectivity index (χ1v) is 9.19. The normalized spacial score (nSPS) is 10.0. The highest BCUT2D eigenvalue weighted by Crippen LogP contribution is 2.21. The van der Waals surface area contributed by atoms with Crippen molar-refractivity contribution in [1.82, 2.24) is 0 Å². The predicted octanol–water partition coefficient (Wildman–Crippen LogP) is 4.67. The quantitative estimate of drug-likeness (QED) is 0.339. The molecule has 0 unspecified atom stereocenters.